The first-order valence-corrected chi connectivity index (χ1v) is 3.59. The van der Waals surface area contributed by atoms with Crippen molar-refractivity contribution in [2.75, 3.05) is 27.2 Å². The Balaban J connectivity index is 3.21. The number of rotatable bonds is 4. The van der Waals surface area contributed by atoms with Gasteiger partial charge in [0.2, 0.25) is 0 Å². The lowest BCUT2D eigenvalue weighted by molar-refractivity contribution is 0.477. The summed E-state index contributed by atoms with van der Waals surface area (Å²) in [5.74, 6) is 0.635. The van der Waals surface area contributed by atoms with Gasteiger partial charge in [0, 0.05) is 13.6 Å². The highest BCUT2D eigenvalue weighted by Crippen LogP contribution is 1.86. The average molecular weight is 143 g/mol. The minimum Gasteiger partial charge on any atom is -0.364 e. The summed E-state index contributed by atoms with van der Waals surface area (Å²) in [4.78, 5) is 1.94. The van der Waals surface area contributed by atoms with Crippen molar-refractivity contribution in [2.45, 2.75) is 13.3 Å². The van der Waals surface area contributed by atoms with Crippen molar-refractivity contribution in [3.63, 3.8) is 0 Å². The van der Waals surface area contributed by atoms with Gasteiger partial charge in [0.05, 0.1) is 5.84 Å². The molecular formula is C7H17N3. The monoisotopic (exact) mass is 143 g/mol. The van der Waals surface area contributed by atoms with Crippen LogP contribution in [0.2, 0.25) is 0 Å². The van der Waals surface area contributed by atoms with Gasteiger partial charge >= 0.3 is 0 Å². The van der Waals surface area contributed by atoms with E-state index in [1.807, 2.05) is 19.0 Å². The standard InChI is InChI=1S/C7H17N3/c1-7(8)10(3)6-4-5-9-2/h8-9H,4-6H2,1-3H3. The highest BCUT2D eigenvalue weighted by Gasteiger charge is 1.95. The molecule has 0 atom stereocenters. The number of nitrogens with one attached hydrogen (secondary N) is 2. The summed E-state index contributed by atoms with van der Waals surface area (Å²) in [7, 11) is 3.88. The zero-order valence-electron chi connectivity index (χ0n) is 7.07. The van der Waals surface area contributed by atoms with Crippen LogP contribution in [0.1, 0.15) is 13.3 Å². The summed E-state index contributed by atoms with van der Waals surface area (Å²) in [5.41, 5.74) is 0. The Labute approximate surface area is 62.9 Å². The summed E-state index contributed by atoms with van der Waals surface area (Å²) in [5, 5.41) is 10.3. The van der Waals surface area contributed by atoms with Gasteiger partial charge in [-0.05, 0) is 26.9 Å². The first-order valence-electron chi connectivity index (χ1n) is 3.59. The summed E-state index contributed by atoms with van der Waals surface area (Å²) < 4.78 is 0. The van der Waals surface area contributed by atoms with Crippen LogP contribution in [0.25, 0.3) is 0 Å². The summed E-state index contributed by atoms with van der Waals surface area (Å²) in [6.45, 7) is 3.80. The Morgan fingerprint density at radius 1 is 1.60 bits per heavy atom. The Kier molecular flexibility index (Phi) is 4.94. The number of nitrogens with zero attached hydrogens (tertiary/aromatic N) is 1. The van der Waals surface area contributed by atoms with E-state index in [0.717, 1.165) is 19.5 Å². The van der Waals surface area contributed by atoms with Crippen molar-refractivity contribution >= 4 is 5.84 Å². The fraction of sp³-hybridized carbons (Fsp3) is 0.857. The maximum absolute atomic E-state index is 7.24. The molecule has 0 aliphatic rings. The third kappa shape index (κ3) is 4.32. The minimum atomic E-state index is 0.635. The number of amidine groups is 1. The Bertz CT molecular complexity index is 101. The lowest BCUT2D eigenvalue weighted by Gasteiger charge is -2.16. The van der Waals surface area contributed by atoms with Crippen molar-refractivity contribution in [1.82, 2.24) is 10.2 Å². The van der Waals surface area contributed by atoms with Crippen LogP contribution >= 0.6 is 0 Å². The van der Waals surface area contributed by atoms with Gasteiger partial charge in [0.15, 0.2) is 0 Å². The van der Waals surface area contributed by atoms with E-state index in [-0.39, 0.29) is 0 Å². The van der Waals surface area contributed by atoms with Crippen molar-refractivity contribution in [3.05, 3.63) is 0 Å². The van der Waals surface area contributed by atoms with Gasteiger partial charge in [-0.2, -0.15) is 0 Å². The van der Waals surface area contributed by atoms with Crippen LogP contribution in [-0.2, 0) is 0 Å². The molecule has 0 saturated carbocycles. The first kappa shape index (κ1) is 9.43. The molecule has 0 bridgehead atoms. The van der Waals surface area contributed by atoms with Crippen LogP contribution < -0.4 is 5.32 Å². The highest BCUT2D eigenvalue weighted by molar-refractivity contribution is 5.75. The molecule has 0 fully saturated rings. The van der Waals surface area contributed by atoms with E-state index in [1.54, 1.807) is 6.92 Å². The molecule has 60 valence electrons. The molecule has 3 nitrogen and oxygen atoms in total. The Morgan fingerprint density at radius 2 is 2.20 bits per heavy atom. The smallest absolute Gasteiger partial charge is 0.0923 e. The maximum Gasteiger partial charge on any atom is 0.0923 e. The van der Waals surface area contributed by atoms with Crippen molar-refractivity contribution in [2.24, 2.45) is 0 Å². The Morgan fingerprint density at radius 3 is 2.60 bits per heavy atom. The zero-order chi connectivity index (χ0) is 7.98. The molecule has 0 unspecified atom stereocenters. The molecule has 0 aromatic rings. The predicted molar refractivity (Wildman–Crippen MR) is 44.6 cm³/mol. The second-order valence-electron chi connectivity index (χ2n) is 2.46. The predicted octanol–water partition coefficient (Wildman–Crippen LogP) is 0.525. The maximum atomic E-state index is 7.24. The topological polar surface area (TPSA) is 39.1 Å². The fourth-order valence-corrected chi connectivity index (χ4v) is 0.661. The third-order valence-electron chi connectivity index (χ3n) is 1.49. The van der Waals surface area contributed by atoms with Crippen LogP contribution in [0.5, 0.6) is 0 Å². The average Bonchev–Trinajstić information content (AvgIpc) is 1.88. The van der Waals surface area contributed by atoms with E-state index in [2.05, 4.69) is 5.32 Å². The van der Waals surface area contributed by atoms with Crippen LogP contribution in [0.4, 0.5) is 0 Å². The SMILES string of the molecule is CNCCCN(C)C(C)=N. The van der Waals surface area contributed by atoms with Gasteiger partial charge in [-0.25, -0.2) is 0 Å². The van der Waals surface area contributed by atoms with Gasteiger partial charge in [-0.3, -0.25) is 5.41 Å². The van der Waals surface area contributed by atoms with E-state index in [1.165, 1.54) is 0 Å². The molecule has 0 aliphatic carbocycles. The molecule has 0 rings (SSSR count). The highest BCUT2D eigenvalue weighted by atomic mass is 15.1. The van der Waals surface area contributed by atoms with Crippen LogP contribution in [0, 0.1) is 5.41 Å². The van der Waals surface area contributed by atoms with Gasteiger partial charge in [0.1, 0.15) is 0 Å². The molecule has 0 aromatic heterocycles. The first-order chi connectivity index (χ1) is 4.68. The van der Waals surface area contributed by atoms with Crippen molar-refractivity contribution < 1.29 is 0 Å². The second-order valence-corrected chi connectivity index (χ2v) is 2.46. The number of hydrogen-bond acceptors (Lipinski definition) is 2. The van der Waals surface area contributed by atoms with E-state index < -0.39 is 0 Å². The van der Waals surface area contributed by atoms with Crippen molar-refractivity contribution in [1.29, 1.82) is 5.41 Å². The van der Waals surface area contributed by atoms with E-state index in [4.69, 9.17) is 5.41 Å². The molecule has 0 aliphatic heterocycles. The molecule has 2 N–H and O–H groups in total. The normalized spacial score (nSPS) is 9.50. The second kappa shape index (κ2) is 5.23. The summed E-state index contributed by atoms with van der Waals surface area (Å²) in [6.07, 6.45) is 1.10. The van der Waals surface area contributed by atoms with Gasteiger partial charge < -0.3 is 10.2 Å². The van der Waals surface area contributed by atoms with E-state index in [9.17, 15) is 0 Å². The lowest BCUT2D eigenvalue weighted by Crippen LogP contribution is -2.26. The van der Waals surface area contributed by atoms with Crippen LogP contribution in [0.3, 0.4) is 0 Å². The molecule has 0 heterocycles. The minimum absolute atomic E-state index is 0.635. The number of hydrogen-bond donors (Lipinski definition) is 2. The molecule has 0 saturated heterocycles. The zero-order valence-corrected chi connectivity index (χ0v) is 7.07. The van der Waals surface area contributed by atoms with Gasteiger partial charge in [0.25, 0.3) is 0 Å². The molecule has 3 heteroatoms. The van der Waals surface area contributed by atoms with E-state index in [0.29, 0.717) is 5.84 Å². The third-order valence-corrected chi connectivity index (χ3v) is 1.49. The molecule has 0 amide bonds. The summed E-state index contributed by atoms with van der Waals surface area (Å²) in [6, 6.07) is 0. The molecular weight excluding hydrogens is 126 g/mol. The van der Waals surface area contributed by atoms with Crippen molar-refractivity contribution in [3.8, 4) is 0 Å². The lowest BCUT2D eigenvalue weighted by atomic mass is 10.4. The molecule has 0 spiro atoms. The fourth-order valence-electron chi connectivity index (χ4n) is 0.661. The molecule has 10 heavy (non-hydrogen) atoms. The molecule has 0 aromatic carbocycles. The van der Waals surface area contributed by atoms with Crippen LogP contribution in [0.15, 0.2) is 0 Å². The van der Waals surface area contributed by atoms with E-state index >= 15 is 0 Å². The Hall–Kier alpha value is -0.570. The summed E-state index contributed by atoms with van der Waals surface area (Å²) >= 11 is 0. The van der Waals surface area contributed by atoms with Gasteiger partial charge in [-0.1, -0.05) is 0 Å². The largest absolute Gasteiger partial charge is 0.364 e. The van der Waals surface area contributed by atoms with Gasteiger partial charge in [-0.15, -0.1) is 0 Å². The molecule has 0 radical (unpaired) electrons. The van der Waals surface area contributed by atoms with Crippen LogP contribution in [-0.4, -0.2) is 37.9 Å². The quantitative estimate of drug-likeness (QED) is 0.342.